The normalized spacial score (nSPS) is 13.2. The van der Waals surface area contributed by atoms with Crippen molar-refractivity contribution in [1.29, 1.82) is 5.26 Å². The van der Waals surface area contributed by atoms with E-state index in [2.05, 4.69) is 6.07 Å². The second-order valence-corrected chi connectivity index (χ2v) is 9.19. The van der Waals surface area contributed by atoms with Gasteiger partial charge in [-0.15, -0.1) is 0 Å². The molecule has 0 aliphatic heterocycles. The first-order chi connectivity index (χ1) is 18.2. The molecule has 0 aliphatic rings. The third-order valence-electron chi connectivity index (χ3n) is 6.98. The van der Waals surface area contributed by atoms with Crippen molar-refractivity contribution < 1.29 is 33.3 Å². The van der Waals surface area contributed by atoms with Crippen molar-refractivity contribution in [1.82, 2.24) is 0 Å². The molecule has 2 aromatic carbocycles. The fourth-order valence-electron chi connectivity index (χ4n) is 4.82. The Bertz CT molecular complexity index is 1140. The molecule has 0 aromatic heterocycles. The molecule has 2 aromatic rings. The Morgan fingerprint density at radius 3 is 1.95 bits per heavy atom. The predicted molar refractivity (Wildman–Crippen MR) is 143 cm³/mol. The molecular formula is C28H38N2O8. The lowest BCUT2D eigenvalue weighted by molar-refractivity contribution is -0.523. The van der Waals surface area contributed by atoms with Gasteiger partial charge in [-0.1, -0.05) is 19.9 Å². The van der Waals surface area contributed by atoms with Gasteiger partial charge in [-0.25, -0.2) is 0 Å². The lowest BCUT2D eigenvalue weighted by atomic mass is 9.69. The van der Waals surface area contributed by atoms with Crippen molar-refractivity contribution in [2.75, 3.05) is 42.7 Å². The highest BCUT2D eigenvalue weighted by atomic mass is 16.6. The molecule has 2 atom stereocenters. The molecule has 0 heterocycles. The number of nitro groups is 1. The van der Waals surface area contributed by atoms with E-state index < -0.39 is 11.5 Å². The van der Waals surface area contributed by atoms with Gasteiger partial charge in [0.15, 0.2) is 23.0 Å². The standard InChI is InChI=1S/C28H38N2O8/c1-18(2)28(17-29,21-16-24(35-5)26(37-7)27(38-8)25(21)36-6)13-9-10-20(30(31)32)14-19-11-12-22(33-3)23(15-19)34-4/h11-12,15-16,18,20H,9-10,13-14H2,1-8H3. The third-order valence-corrected chi connectivity index (χ3v) is 6.98. The van der Waals surface area contributed by atoms with Gasteiger partial charge in [0.05, 0.1) is 54.1 Å². The molecule has 0 amide bonds. The number of rotatable bonds is 15. The predicted octanol–water partition coefficient (Wildman–Crippen LogP) is 5.21. The van der Waals surface area contributed by atoms with E-state index in [1.807, 2.05) is 13.8 Å². The Labute approximate surface area is 224 Å². The zero-order valence-corrected chi connectivity index (χ0v) is 23.5. The molecule has 2 unspecified atom stereocenters. The summed E-state index contributed by atoms with van der Waals surface area (Å²) in [5.41, 5.74) is 0.332. The minimum absolute atomic E-state index is 0.149. The topological polar surface area (TPSA) is 122 Å². The summed E-state index contributed by atoms with van der Waals surface area (Å²) in [5, 5.41) is 22.5. The molecule has 0 saturated carbocycles. The van der Waals surface area contributed by atoms with Crippen molar-refractivity contribution in [2.24, 2.45) is 5.92 Å². The number of methoxy groups -OCH3 is 6. The fraction of sp³-hybridized carbons (Fsp3) is 0.536. The summed E-state index contributed by atoms with van der Waals surface area (Å²) >= 11 is 0. The summed E-state index contributed by atoms with van der Waals surface area (Å²) in [7, 11) is 9.06. The van der Waals surface area contributed by atoms with E-state index in [9.17, 15) is 15.4 Å². The molecule has 0 aliphatic carbocycles. The van der Waals surface area contributed by atoms with Crippen LogP contribution in [0.25, 0.3) is 0 Å². The van der Waals surface area contributed by atoms with Crippen LogP contribution in [-0.4, -0.2) is 53.6 Å². The van der Waals surface area contributed by atoms with Crippen LogP contribution in [0.3, 0.4) is 0 Å². The van der Waals surface area contributed by atoms with Crippen molar-refractivity contribution in [3.05, 3.63) is 45.5 Å². The fourth-order valence-corrected chi connectivity index (χ4v) is 4.82. The molecule has 0 radical (unpaired) electrons. The molecule has 2 rings (SSSR count). The average molecular weight is 531 g/mol. The first kappa shape index (κ1) is 30.4. The monoisotopic (exact) mass is 530 g/mol. The second kappa shape index (κ2) is 13.6. The number of nitrogens with zero attached hydrogens (tertiary/aromatic N) is 2. The van der Waals surface area contributed by atoms with E-state index in [1.165, 1.54) is 42.7 Å². The van der Waals surface area contributed by atoms with Crippen molar-refractivity contribution in [3.63, 3.8) is 0 Å². The molecule has 0 bridgehead atoms. The summed E-state index contributed by atoms with van der Waals surface area (Å²) in [6, 6.07) is 8.68. The van der Waals surface area contributed by atoms with Gasteiger partial charge < -0.3 is 28.4 Å². The lowest BCUT2D eigenvalue weighted by Crippen LogP contribution is -2.32. The van der Waals surface area contributed by atoms with Gasteiger partial charge in [-0.3, -0.25) is 10.1 Å². The minimum Gasteiger partial charge on any atom is -0.493 e. The van der Waals surface area contributed by atoms with Gasteiger partial charge in [0.1, 0.15) is 0 Å². The van der Waals surface area contributed by atoms with Gasteiger partial charge >= 0.3 is 0 Å². The van der Waals surface area contributed by atoms with Crippen LogP contribution in [0.5, 0.6) is 34.5 Å². The smallest absolute Gasteiger partial charge is 0.217 e. The summed E-state index contributed by atoms with van der Waals surface area (Å²) in [5.74, 6) is 2.38. The highest BCUT2D eigenvalue weighted by Crippen LogP contribution is 2.52. The van der Waals surface area contributed by atoms with Crippen LogP contribution in [0.2, 0.25) is 0 Å². The largest absolute Gasteiger partial charge is 0.493 e. The van der Waals surface area contributed by atoms with Crippen LogP contribution in [0.1, 0.15) is 44.2 Å². The van der Waals surface area contributed by atoms with Crippen LogP contribution < -0.4 is 28.4 Å². The summed E-state index contributed by atoms with van der Waals surface area (Å²) < 4.78 is 32.9. The summed E-state index contributed by atoms with van der Waals surface area (Å²) in [6.45, 7) is 3.89. The highest BCUT2D eigenvalue weighted by molar-refractivity contribution is 5.65. The first-order valence-electron chi connectivity index (χ1n) is 12.3. The van der Waals surface area contributed by atoms with E-state index in [0.29, 0.717) is 52.9 Å². The SMILES string of the molecule is COc1ccc(CC(CCCC(C#N)(c2cc(OC)c(OC)c(OC)c2OC)C(C)C)[N+](=O)[O-])cc1OC. The number of ether oxygens (including phenoxy) is 6. The third kappa shape index (κ3) is 6.15. The van der Waals surface area contributed by atoms with Gasteiger partial charge in [0, 0.05) is 23.3 Å². The maximum absolute atomic E-state index is 12.0. The van der Waals surface area contributed by atoms with Gasteiger partial charge in [0.25, 0.3) is 0 Å². The quantitative estimate of drug-likeness (QED) is 0.225. The molecule has 0 spiro atoms. The van der Waals surface area contributed by atoms with Gasteiger partial charge in [-0.2, -0.15) is 5.26 Å². The zero-order valence-electron chi connectivity index (χ0n) is 23.5. The molecule has 0 N–H and O–H groups in total. The van der Waals surface area contributed by atoms with E-state index in [-0.39, 0.29) is 23.7 Å². The van der Waals surface area contributed by atoms with Crippen molar-refractivity contribution >= 4 is 0 Å². The van der Waals surface area contributed by atoms with E-state index in [0.717, 1.165) is 5.56 Å². The van der Waals surface area contributed by atoms with Crippen LogP contribution in [0, 0.1) is 27.4 Å². The molecule has 208 valence electrons. The first-order valence-corrected chi connectivity index (χ1v) is 12.3. The number of benzene rings is 2. The Hall–Kier alpha value is -3.87. The number of nitriles is 1. The lowest BCUT2D eigenvalue weighted by Gasteiger charge is -2.34. The maximum atomic E-state index is 12.0. The van der Waals surface area contributed by atoms with Crippen LogP contribution >= 0.6 is 0 Å². The highest BCUT2D eigenvalue weighted by Gasteiger charge is 2.41. The number of hydrogen-bond acceptors (Lipinski definition) is 9. The Kier molecular flexibility index (Phi) is 10.9. The second-order valence-electron chi connectivity index (χ2n) is 9.19. The molecule has 0 saturated heterocycles. The Morgan fingerprint density at radius 1 is 0.868 bits per heavy atom. The molecule has 10 nitrogen and oxygen atoms in total. The Balaban J connectivity index is 2.41. The molecule has 38 heavy (non-hydrogen) atoms. The van der Waals surface area contributed by atoms with Crippen molar-refractivity contribution in [2.45, 2.75) is 51.0 Å². The van der Waals surface area contributed by atoms with Crippen LogP contribution in [0.4, 0.5) is 0 Å². The van der Waals surface area contributed by atoms with E-state index >= 15 is 0 Å². The van der Waals surface area contributed by atoms with E-state index in [1.54, 1.807) is 24.3 Å². The molecular weight excluding hydrogens is 492 g/mol. The Morgan fingerprint density at radius 2 is 1.47 bits per heavy atom. The molecule has 10 heteroatoms. The minimum atomic E-state index is -1.03. The zero-order chi connectivity index (χ0) is 28.5. The summed E-state index contributed by atoms with van der Waals surface area (Å²) in [6.07, 6.45) is 1.31. The average Bonchev–Trinajstić information content (AvgIpc) is 2.92. The molecule has 0 fully saturated rings. The van der Waals surface area contributed by atoms with Crippen LogP contribution in [-0.2, 0) is 11.8 Å². The number of hydrogen-bond donors (Lipinski definition) is 0. The van der Waals surface area contributed by atoms with Crippen LogP contribution in [0.15, 0.2) is 24.3 Å². The van der Waals surface area contributed by atoms with Gasteiger partial charge in [0.2, 0.25) is 17.5 Å². The van der Waals surface area contributed by atoms with E-state index in [4.69, 9.17) is 28.4 Å². The van der Waals surface area contributed by atoms with Crippen molar-refractivity contribution in [3.8, 4) is 40.6 Å². The maximum Gasteiger partial charge on any atom is 0.217 e. The summed E-state index contributed by atoms with van der Waals surface area (Å²) in [4.78, 5) is 11.7. The van der Waals surface area contributed by atoms with Gasteiger partial charge in [-0.05, 0) is 42.5 Å².